The summed E-state index contributed by atoms with van der Waals surface area (Å²) in [6.07, 6.45) is 4.63. The zero-order chi connectivity index (χ0) is 9.99. The van der Waals surface area contributed by atoms with Crippen molar-refractivity contribution in [3.63, 3.8) is 0 Å². The second-order valence-electron chi connectivity index (χ2n) is 5.23. The van der Waals surface area contributed by atoms with Crippen molar-refractivity contribution < 1.29 is 35.9 Å². The van der Waals surface area contributed by atoms with Gasteiger partial charge < -0.3 is 10.9 Å². The molecule has 0 aromatic carbocycles. The molecule has 0 saturated heterocycles. The summed E-state index contributed by atoms with van der Waals surface area (Å²) in [7, 11) is 0. The van der Waals surface area contributed by atoms with Crippen molar-refractivity contribution in [1.29, 1.82) is 0 Å². The van der Waals surface area contributed by atoms with Crippen molar-refractivity contribution in [2.45, 2.75) is 41.5 Å². The standard InChI is InChI=1S/C11H19O.U/c1-10(2,3)8-7-9(12)11(4,5)6;/h8H,1-6H3;/q-1;+2. The maximum absolute atomic E-state index is 11.4. The van der Waals surface area contributed by atoms with Gasteiger partial charge in [0.2, 0.25) is 0 Å². The molecule has 0 atom stereocenters. The van der Waals surface area contributed by atoms with Crippen LogP contribution in [0.1, 0.15) is 41.5 Å². The molecule has 0 aromatic heterocycles. The van der Waals surface area contributed by atoms with Crippen molar-refractivity contribution in [3.05, 3.63) is 12.2 Å². The van der Waals surface area contributed by atoms with E-state index in [4.69, 9.17) is 0 Å². The second kappa shape index (κ2) is 5.37. The summed E-state index contributed by atoms with van der Waals surface area (Å²) in [6.45, 7) is 11.9. The number of ketones is 1. The predicted molar refractivity (Wildman–Crippen MR) is 51.7 cm³/mol. The minimum absolute atomic E-state index is 0. The molecule has 0 aromatic rings. The Morgan fingerprint density at radius 3 is 1.69 bits per heavy atom. The minimum Gasteiger partial charge on any atom is -0.430 e. The maximum atomic E-state index is 11.4. The average molecular weight is 405 g/mol. The third kappa shape index (κ3) is 8.78. The predicted octanol–water partition coefficient (Wildman–Crippen LogP) is 3.01. The number of hydrogen-bond acceptors (Lipinski definition) is 1. The van der Waals surface area contributed by atoms with Gasteiger partial charge >= 0.3 is 31.1 Å². The van der Waals surface area contributed by atoms with E-state index in [-0.39, 0.29) is 47.7 Å². The maximum Gasteiger partial charge on any atom is 2.00 e. The molecular weight excluding hydrogens is 386 g/mol. The van der Waals surface area contributed by atoms with Crippen molar-refractivity contribution in [2.24, 2.45) is 10.8 Å². The summed E-state index contributed by atoms with van der Waals surface area (Å²) < 4.78 is 0. The zero-order valence-corrected chi connectivity index (χ0v) is 13.6. The molecule has 0 amide bonds. The van der Waals surface area contributed by atoms with Gasteiger partial charge in [-0.1, -0.05) is 47.0 Å². The monoisotopic (exact) mass is 405 g/mol. The van der Waals surface area contributed by atoms with E-state index in [1.54, 1.807) is 0 Å². The number of carbonyl (C=O) groups excluding carboxylic acids is 1. The summed E-state index contributed by atoms with van der Waals surface area (Å²) in [4.78, 5) is 11.4. The van der Waals surface area contributed by atoms with Gasteiger partial charge in [0.15, 0.2) is 0 Å². The molecule has 13 heavy (non-hydrogen) atoms. The Balaban J connectivity index is 0. The molecule has 0 fully saturated rings. The Morgan fingerprint density at radius 2 is 1.46 bits per heavy atom. The van der Waals surface area contributed by atoms with Crippen LogP contribution in [0.2, 0.25) is 0 Å². The Kier molecular flexibility index (Phi) is 6.57. The fraction of sp³-hybridized carbons (Fsp3) is 0.727. The van der Waals surface area contributed by atoms with Crippen LogP contribution in [0.5, 0.6) is 0 Å². The summed E-state index contributed by atoms with van der Waals surface area (Å²) in [5, 5.41) is 0. The molecule has 2 heteroatoms. The molecule has 0 radical (unpaired) electrons. The molecule has 0 spiro atoms. The smallest absolute Gasteiger partial charge is 0.430 e. The van der Waals surface area contributed by atoms with Gasteiger partial charge in [-0.05, 0) is 11.2 Å². The van der Waals surface area contributed by atoms with E-state index >= 15 is 0 Å². The van der Waals surface area contributed by atoms with Gasteiger partial charge in [-0.25, -0.2) is 0 Å². The molecule has 0 aliphatic rings. The van der Waals surface area contributed by atoms with Crippen molar-refractivity contribution in [2.75, 3.05) is 0 Å². The molecule has 0 bridgehead atoms. The molecular formula is C11H19OU+. The number of hydrogen-bond donors (Lipinski definition) is 0. The van der Waals surface area contributed by atoms with Crippen molar-refractivity contribution >= 4 is 5.78 Å². The first-order valence-corrected chi connectivity index (χ1v) is 4.28. The average Bonchev–Trinajstić information content (AvgIpc) is 1.78. The number of carbonyl (C=O) groups is 1. The van der Waals surface area contributed by atoms with Crippen LogP contribution in [0.25, 0.3) is 0 Å². The normalized spacial score (nSPS) is 12.8. The fourth-order valence-electron chi connectivity index (χ4n) is 0.499. The van der Waals surface area contributed by atoms with Crippen molar-refractivity contribution in [3.8, 4) is 0 Å². The van der Waals surface area contributed by atoms with Gasteiger partial charge in [-0.3, -0.25) is 6.08 Å². The molecule has 0 rings (SSSR count). The first-order valence-electron chi connectivity index (χ1n) is 4.28. The third-order valence-corrected chi connectivity index (χ3v) is 1.32. The third-order valence-electron chi connectivity index (χ3n) is 1.32. The number of allylic oxidation sites excluding steroid dienone is 2. The zero-order valence-electron chi connectivity index (χ0n) is 9.49. The number of rotatable bonds is 1. The summed E-state index contributed by atoms with van der Waals surface area (Å²) in [5.74, 6) is 0.0671. The van der Waals surface area contributed by atoms with Crippen molar-refractivity contribution in [1.82, 2.24) is 0 Å². The largest absolute Gasteiger partial charge is 2.00 e. The van der Waals surface area contributed by atoms with Crippen LogP contribution < -0.4 is 0 Å². The topological polar surface area (TPSA) is 17.1 Å². The molecule has 0 unspecified atom stereocenters. The minimum atomic E-state index is -0.304. The molecule has 0 saturated carbocycles. The van der Waals surface area contributed by atoms with Gasteiger partial charge in [0, 0.05) is 0 Å². The van der Waals surface area contributed by atoms with E-state index < -0.39 is 0 Å². The molecule has 0 aliphatic heterocycles. The van der Waals surface area contributed by atoms with E-state index in [9.17, 15) is 4.79 Å². The van der Waals surface area contributed by atoms with Crippen LogP contribution in [0.15, 0.2) is 6.08 Å². The summed E-state index contributed by atoms with van der Waals surface area (Å²) in [5.41, 5.74) is -0.261. The Morgan fingerprint density at radius 1 is 1.08 bits per heavy atom. The molecule has 1 nitrogen and oxygen atoms in total. The van der Waals surface area contributed by atoms with Crippen LogP contribution in [0.4, 0.5) is 0 Å². The van der Waals surface area contributed by atoms with Crippen LogP contribution in [-0.2, 0) is 4.79 Å². The molecule has 0 aliphatic carbocycles. The second-order valence-corrected chi connectivity index (χ2v) is 5.23. The van der Waals surface area contributed by atoms with Gasteiger partial charge in [0.05, 0.1) is 0 Å². The molecule has 72 valence electrons. The van der Waals surface area contributed by atoms with E-state index in [2.05, 4.69) is 26.8 Å². The van der Waals surface area contributed by atoms with E-state index in [1.807, 2.05) is 26.8 Å². The van der Waals surface area contributed by atoms with Gasteiger partial charge in [-0.15, -0.1) is 0 Å². The SMILES string of the molecule is CC(C)(C)C=[C-]C(=O)C(C)(C)C.[U+2]. The Hall–Kier alpha value is 0.462. The van der Waals surface area contributed by atoms with Gasteiger partial charge in [-0.2, -0.15) is 0 Å². The quantitative estimate of drug-likeness (QED) is 0.484. The van der Waals surface area contributed by atoms with Crippen LogP contribution in [0, 0.1) is 48.0 Å². The summed E-state index contributed by atoms with van der Waals surface area (Å²) in [6, 6.07) is 0. The first-order chi connectivity index (χ1) is 5.13. The van der Waals surface area contributed by atoms with Gasteiger partial charge in [0.25, 0.3) is 0 Å². The molecule has 0 heterocycles. The van der Waals surface area contributed by atoms with E-state index in [1.165, 1.54) is 0 Å². The van der Waals surface area contributed by atoms with Crippen LogP contribution >= 0.6 is 0 Å². The summed E-state index contributed by atoms with van der Waals surface area (Å²) >= 11 is 0. The van der Waals surface area contributed by atoms with Gasteiger partial charge in [0.1, 0.15) is 0 Å². The fourth-order valence-corrected chi connectivity index (χ4v) is 0.499. The first kappa shape index (κ1) is 15.9. The van der Waals surface area contributed by atoms with E-state index in [0.29, 0.717) is 0 Å². The molecule has 0 N–H and O–H groups in total. The number of Topliss-reactive ketones (excluding diaryl/α,β-unsaturated/α-hetero) is 1. The van der Waals surface area contributed by atoms with E-state index in [0.717, 1.165) is 0 Å². The Bertz CT molecular complexity index is 191. The van der Waals surface area contributed by atoms with Crippen LogP contribution in [0.3, 0.4) is 0 Å². The Labute approximate surface area is 106 Å². The van der Waals surface area contributed by atoms with Crippen LogP contribution in [-0.4, -0.2) is 5.78 Å².